The van der Waals surface area contributed by atoms with Crippen molar-refractivity contribution in [3.8, 4) is 5.75 Å². The number of sulfonamides is 1. The lowest BCUT2D eigenvalue weighted by Gasteiger charge is -2.31. The molecule has 2 aromatic carbocycles. The smallest absolute Gasteiger partial charge is 0.243 e. The lowest BCUT2D eigenvalue weighted by Crippen LogP contribution is -2.43. The van der Waals surface area contributed by atoms with Gasteiger partial charge in [0, 0.05) is 24.0 Å². The molecule has 0 saturated carbocycles. The highest BCUT2D eigenvalue weighted by atomic mass is 35.5. The molecule has 0 bridgehead atoms. The average Bonchev–Trinajstić information content (AvgIpc) is 2.75. The molecule has 1 amide bonds. The number of carbonyl (C=O) groups excluding carboxylic acids is 1. The molecule has 9 heteroatoms. The van der Waals surface area contributed by atoms with E-state index in [1.54, 1.807) is 18.2 Å². The summed E-state index contributed by atoms with van der Waals surface area (Å²) in [7, 11) is -3.69. The van der Waals surface area contributed by atoms with Crippen LogP contribution in [-0.4, -0.2) is 38.3 Å². The van der Waals surface area contributed by atoms with E-state index in [0.29, 0.717) is 30.2 Å². The van der Waals surface area contributed by atoms with Gasteiger partial charge in [-0.15, -0.1) is 0 Å². The molecule has 1 saturated heterocycles. The Morgan fingerprint density at radius 2 is 1.81 bits per heavy atom. The van der Waals surface area contributed by atoms with Gasteiger partial charge in [-0.3, -0.25) is 4.79 Å². The molecule has 0 aliphatic carbocycles. The maximum atomic E-state index is 13.0. The van der Waals surface area contributed by atoms with Gasteiger partial charge in [0.05, 0.1) is 22.6 Å². The summed E-state index contributed by atoms with van der Waals surface area (Å²) in [5, 5.41) is 3.92. The molecule has 31 heavy (non-hydrogen) atoms. The highest BCUT2D eigenvalue weighted by Gasteiger charge is 2.32. The molecule has 6 nitrogen and oxygen atoms in total. The molecule has 1 heterocycles. The van der Waals surface area contributed by atoms with Crippen LogP contribution >= 0.6 is 23.2 Å². The van der Waals surface area contributed by atoms with Crippen LogP contribution in [0.3, 0.4) is 0 Å². The van der Waals surface area contributed by atoms with Crippen molar-refractivity contribution in [3.05, 3.63) is 58.1 Å². The number of carbonyl (C=O) groups is 1. The third-order valence-corrected chi connectivity index (χ3v) is 7.84. The molecule has 0 radical (unpaired) electrons. The highest BCUT2D eigenvalue weighted by Crippen LogP contribution is 2.30. The Morgan fingerprint density at radius 3 is 2.39 bits per heavy atom. The van der Waals surface area contributed by atoms with Gasteiger partial charge in [0.25, 0.3) is 0 Å². The number of hydrogen-bond acceptors (Lipinski definition) is 4. The predicted octanol–water partition coefficient (Wildman–Crippen LogP) is 4.67. The second-order valence-electron chi connectivity index (χ2n) is 7.49. The summed E-state index contributed by atoms with van der Waals surface area (Å²) in [5.74, 6) is 0.155. The topological polar surface area (TPSA) is 75.7 Å². The number of benzene rings is 2. The third-order valence-electron chi connectivity index (χ3n) is 5.39. The zero-order valence-electron chi connectivity index (χ0n) is 17.5. The minimum Gasteiger partial charge on any atom is -0.492 e. The van der Waals surface area contributed by atoms with Crippen molar-refractivity contribution in [2.45, 2.75) is 37.6 Å². The van der Waals surface area contributed by atoms with Crippen LogP contribution in [0.1, 0.15) is 38.3 Å². The van der Waals surface area contributed by atoms with E-state index in [2.05, 4.69) is 5.32 Å². The summed E-state index contributed by atoms with van der Waals surface area (Å²) in [4.78, 5) is 12.8. The van der Waals surface area contributed by atoms with E-state index in [9.17, 15) is 13.2 Å². The molecule has 1 atom stereocenters. The van der Waals surface area contributed by atoms with Gasteiger partial charge in [-0.05, 0) is 62.6 Å². The number of rotatable bonds is 7. The zero-order valence-corrected chi connectivity index (χ0v) is 19.8. The number of amides is 1. The number of piperidine rings is 1. The van der Waals surface area contributed by atoms with Crippen molar-refractivity contribution in [2.75, 3.05) is 19.7 Å². The lowest BCUT2D eigenvalue weighted by atomic mass is 9.96. The SMILES string of the molecule is CCOc1ccc(S(=O)(=O)N2CCC(C(=O)N[C@@H](C)c3ccc(Cl)cc3)CC2)cc1Cl. The maximum absolute atomic E-state index is 13.0. The Hall–Kier alpha value is -1.80. The number of halogens is 2. The summed E-state index contributed by atoms with van der Waals surface area (Å²) in [6.07, 6.45) is 0.923. The van der Waals surface area contributed by atoms with E-state index in [-0.39, 0.29) is 40.9 Å². The summed E-state index contributed by atoms with van der Waals surface area (Å²) in [6.45, 7) is 4.74. The standard InChI is InChI=1S/C22H26Cl2N2O4S/c1-3-30-21-9-8-19(14-20(21)24)31(28,29)26-12-10-17(11-13-26)22(27)25-15(2)16-4-6-18(23)7-5-16/h4-9,14-15,17H,3,10-13H2,1-2H3,(H,25,27)/t15-/m0/s1. The fraction of sp³-hybridized carbons (Fsp3) is 0.409. The van der Waals surface area contributed by atoms with Gasteiger partial charge < -0.3 is 10.1 Å². The van der Waals surface area contributed by atoms with Crippen molar-refractivity contribution in [1.29, 1.82) is 0 Å². The van der Waals surface area contributed by atoms with E-state index in [1.807, 2.05) is 26.0 Å². The zero-order chi connectivity index (χ0) is 22.6. The molecule has 3 rings (SSSR count). The fourth-order valence-electron chi connectivity index (χ4n) is 3.59. The van der Waals surface area contributed by atoms with Crippen LogP contribution in [0.25, 0.3) is 0 Å². The highest BCUT2D eigenvalue weighted by molar-refractivity contribution is 7.89. The van der Waals surface area contributed by atoms with E-state index >= 15 is 0 Å². The summed E-state index contributed by atoms with van der Waals surface area (Å²) >= 11 is 12.1. The molecule has 0 aromatic heterocycles. The fourth-order valence-corrected chi connectivity index (χ4v) is 5.51. The second kappa shape index (κ2) is 10.2. The van der Waals surface area contributed by atoms with E-state index in [0.717, 1.165) is 5.56 Å². The third kappa shape index (κ3) is 5.71. The van der Waals surface area contributed by atoms with Crippen LogP contribution in [-0.2, 0) is 14.8 Å². The van der Waals surface area contributed by atoms with Crippen LogP contribution in [0.15, 0.2) is 47.4 Å². The number of nitrogens with zero attached hydrogens (tertiary/aromatic N) is 1. The van der Waals surface area contributed by atoms with Crippen molar-refractivity contribution in [2.24, 2.45) is 5.92 Å². The summed E-state index contributed by atoms with van der Waals surface area (Å²) in [5.41, 5.74) is 0.963. The van der Waals surface area contributed by atoms with Crippen LogP contribution < -0.4 is 10.1 Å². The first-order chi connectivity index (χ1) is 14.7. The largest absolute Gasteiger partial charge is 0.492 e. The summed E-state index contributed by atoms with van der Waals surface area (Å²) < 4.78 is 32.8. The average molecular weight is 485 g/mol. The molecule has 168 valence electrons. The van der Waals surface area contributed by atoms with Crippen LogP contribution in [0.4, 0.5) is 0 Å². The molecule has 1 aliphatic heterocycles. The molecular weight excluding hydrogens is 459 g/mol. The molecular formula is C22H26Cl2N2O4S. The number of nitrogens with one attached hydrogen (secondary N) is 1. The van der Waals surface area contributed by atoms with Crippen molar-refractivity contribution < 1.29 is 17.9 Å². The van der Waals surface area contributed by atoms with Gasteiger partial charge in [0.15, 0.2) is 0 Å². The van der Waals surface area contributed by atoms with Gasteiger partial charge >= 0.3 is 0 Å². The first-order valence-corrected chi connectivity index (χ1v) is 12.4. The molecule has 1 N–H and O–H groups in total. The Bertz CT molecular complexity index is 1020. The normalized spacial score (nSPS) is 16.6. The van der Waals surface area contributed by atoms with Gasteiger partial charge in [0.1, 0.15) is 5.75 Å². The van der Waals surface area contributed by atoms with Gasteiger partial charge in [-0.1, -0.05) is 35.3 Å². The Kier molecular flexibility index (Phi) is 7.86. The van der Waals surface area contributed by atoms with Gasteiger partial charge in [0.2, 0.25) is 15.9 Å². The molecule has 0 unspecified atom stereocenters. The minimum absolute atomic E-state index is 0.0661. The van der Waals surface area contributed by atoms with E-state index in [4.69, 9.17) is 27.9 Å². The number of hydrogen-bond donors (Lipinski definition) is 1. The van der Waals surface area contributed by atoms with E-state index in [1.165, 1.54) is 16.4 Å². The quantitative estimate of drug-likeness (QED) is 0.619. The van der Waals surface area contributed by atoms with Crippen molar-refractivity contribution >= 4 is 39.1 Å². The van der Waals surface area contributed by atoms with Crippen LogP contribution in [0.2, 0.25) is 10.0 Å². The van der Waals surface area contributed by atoms with Gasteiger partial charge in [-0.2, -0.15) is 4.31 Å². The second-order valence-corrected chi connectivity index (χ2v) is 10.3. The number of ether oxygens (including phenoxy) is 1. The van der Waals surface area contributed by atoms with Crippen LogP contribution in [0.5, 0.6) is 5.75 Å². The lowest BCUT2D eigenvalue weighted by molar-refractivity contribution is -0.126. The first-order valence-electron chi connectivity index (χ1n) is 10.2. The van der Waals surface area contributed by atoms with Crippen molar-refractivity contribution in [3.63, 3.8) is 0 Å². The van der Waals surface area contributed by atoms with Gasteiger partial charge in [-0.25, -0.2) is 8.42 Å². The van der Waals surface area contributed by atoms with Crippen LogP contribution in [0, 0.1) is 5.92 Å². The molecule has 2 aromatic rings. The molecule has 1 aliphatic rings. The minimum atomic E-state index is -3.69. The monoisotopic (exact) mass is 484 g/mol. The molecule has 1 fully saturated rings. The molecule has 0 spiro atoms. The predicted molar refractivity (Wildman–Crippen MR) is 122 cm³/mol. The first kappa shape index (κ1) is 23.9. The Morgan fingerprint density at radius 1 is 1.16 bits per heavy atom. The Balaban J connectivity index is 1.59. The van der Waals surface area contributed by atoms with Crippen molar-refractivity contribution in [1.82, 2.24) is 9.62 Å². The Labute approximate surface area is 193 Å². The summed E-state index contributed by atoms with van der Waals surface area (Å²) in [6, 6.07) is 11.7. The maximum Gasteiger partial charge on any atom is 0.243 e. The van der Waals surface area contributed by atoms with E-state index < -0.39 is 10.0 Å².